The van der Waals surface area contributed by atoms with Gasteiger partial charge in [-0.15, -0.1) is 0 Å². The Labute approximate surface area is 472 Å². The fourth-order valence-corrected chi connectivity index (χ4v) is 11.4. The first-order valence-electron chi connectivity index (χ1n) is 22.6. The van der Waals surface area contributed by atoms with E-state index in [4.69, 9.17) is 19.9 Å². The number of benzene rings is 7. The first-order valence-corrected chi connectivity index (χ1v) is 25.4. The van der Waals surface area contributed by atoms with Crippen molar-refractivity contribution < 1.29 is 85.1 Å². The number of fused-ring (bicyclic) bond motifs is 2. The van der Waals surface area contributed by atoms with Crippen molar-refractivity contribution in [3.8, 4) is 0 Å². The monoisotopic (exact) mass is 1040 g/mol. The largest absolute Gasteiger partial charge is 1.00 e. The minimum atomic E-state index is -6.03. The third kappa shape index (κ3) is 12.3. The molecule has 0 saturated carbocycles. The Kier molecular flexibility index (Phi) is 16.5. The molecule has 0 saturated heterocycles. The van der Waals surface area contributed by atoms with Crippen molar-refractivity contribution in [1.82, 2.24) is 19.9 Å². The first-order chi connectivity index (χ1) is 34.8. The molecule has 7 aromatic carbocycles. The van der Waals surface area contributed by atoms with Crippen molar-refractivity contribution in [3.05, 3.63) is 212 Å². The van der Waals surface area contributed by atoms with E-state index in [9.17, 15) is 25.9 Å². The third-order valence-electron chi connectivity index (χ3n) is 12.0. The summed E-state index contributed by atoms with van der Waals surface area (Å²) in [4.78, 5) is 19.1. The zero-order valence-corrected chi connectivity index (χ0v) is 45.7. The number of allylic oxidation sites excluding steroid dienone is 2. The van der Waals surface area contributed by atoms with Gasteiger partial charge in [-0.1, -0.05) is 146 Å². The van der Waals surface area contributed by atoms with Gasteiger partial charge in [0.15, 0.2) is 4.08 Å². The van der Waals surface area contributed by atoms with Crippen molar-refractivity contribution in [2.24, 2.45) is 5.92 Å². The predicted octanol–water partition coefficient (Wildman–Crippen LogP) is 4.85. The average molecular weight is 1040 g/mol. The quantitative estimate of drug-likeness (QED) is 0.0328. The van der Waals surface area contributed by atoms with Gasteiger partial charge in [0.2, 0.25) is 11.9 Å². The summed E-state index contributed by atoms with van der Waals surface area (Å²) in [5, 5.41) is 23.4. The Balaban J connectivity index is 0.00000364. The molecule has 360 valence electrons. The molecular formula is C54H44N10Na2O6S2. The van der Waals surface area contributed by atoms with Gasteiger partial charge < -0.3 is 41.0 Å². The minimum absolute atomic E-state index is 0. The maximum Gasteiger partial charge on any atom is 1.00 e. The summed E-state index contributed by atoms with van der Waals surface area (Å²) in [6.45, 7) is 0. The first kappa shape index (κ1) is 53.6. The van der Waals surface area contributed by atoms with E-state index in [0.717, 1.165) is 21.5 Å². The molecule has 16 nitrogen and oxygen atoms in total. The number of para-hydroxylation sites is 2. The summed E-state index contributed by atoms with van der Waals surface area (Å²) in [7, 11) is -12.1. The summed E-state index contributed by atoms with van der Waals surface area (Å²) in [5.74, 6) is -1.07. The van der Waals surface area contributed by atoms with Crippen LogP contribution < -0.4 is 91.0 Å². The molecule has 0 aliphatic heterocycles. The second-order valence-electron chi connectivity index (χ2n) is 17.1. The van der Waals surface area contributed by atoms with E-state index in [2.05, 4.69) is 31.9 Å². The van der Waals surface area contributed by atoms with Gasteiger partial charge in [0.1, 0.15) is 49.2 Å². The maximum absolute atomic E-state index is 13.8. The van der Waals surface area contributed by atoms with Crippen LogP contribution in [0.2, 0.25) is 0 Å². The molecule has 74 heavy (non-hydrogen) atoms. The van der Waals surface area contributed by atoms with Crippen LogP contribution in [-0.4, -0.2) is 55.6 Å². The molecule has 0 spiro atoms. The summed E-state index contributed by atoms with van der Waals surface area (Å²) in [5.41, 5.74) is 1.03. The number of hydrogen-bond acceptors (Lipinski definition) is 16. The standard InChI is InChI=1S/C54H46N10O6S2.2Na/c65-71(66,67)54(72(68,69)70)36-53(31-30-42(54)27-24-37-14-4-1-5-15-37,63-49-34-47(55-43-20-6-2-7-21-43)59-51(61-49)57-45-28-25-38-16-10-12-18-40(38)32-45)64-50-35-48(56-44-22-8-3-9-23-44)60-52(62-50)58-46-29-26-39-17-11-13-19-41(39)33-46;;/h1-35,42H,36H2,(H,65,66,67)(H,68,69,70)(H3,55,57,59,61,63)(H3,56,58,60,62,64);;/q;2*+1/p-2. The molecule has 6 N–H and O–H groups in total. The molecule has 0 bridgehead atoms. The summed E-state index contributed by atoms with van der Waals surface area (Å²) < 4.78 is 79.5. The summed E-state index contributed by atoms with van der Waals surface area (Å²) >= 11 is 0. The molecule has 2 aromatic heterocycles. The van der Waals surface area contributed by atoms with E-state index in [0.29, 0.717) is 28.3 Å². The second-order valence-corrected chi connectivity index (χ2v) is 20.6. The normalized spacial score (nSPS) is 14.8. The predicted molar refractivity (Wildman–Crippen MR) is 283 cm³/mol. The molecule has 9 aromatic rings. The van der Waals surface area contributed by atoms with E-state index in [1.54, 1.807) is 30.3 Å². The van der Waals surface area contributed by atoms with Crippen molar-refractivity contribution >= 4 is 106 Å². The van der Waals surface area contributed by atoms with Crippen LogP contribution in [-0.2, 0) is 20.2 Å². The van der Waals surface area contributed by atoms with Gasteiger partial charge in [0.25, 0.3) is 0 Å². The molecular weight excluding hydrogens is 995 g/mol. The van der Waals surface area contributed by atoms with Crippen LogP contribution in [0.15, 0.2) is 206 Å². The molecule has 1 atom stereocenters. The molecule has 0 amide bonds. The van der Waals surface area contributed by atoms with E-state index in [-0.39, 0.29) is 94.3 Å². The van der Waals surface area contributed by atoms with E-state index < -0.39 is 42.3 Å². The topological polar surface area (TPSA) is 238 Å². The Morgan fingerprint density at radius 2 is 0.865 bits per heavy atom. The second kappa shape index (κ2) is 22.8. The smallest absolute Gasteiger partial charge is 0.747 e. The SMILES string of the molecule is O=S(=O)([O-])C1(S(=O)(=O)[O-])CC(Nc2cc(Nc3ccccc3)nc(Nc3ccc4ccccc4c3)n2)(Nc2cc(Nc3ccccc3)nc(Nc3ccc4ccccc4c3)n2)C=CC1C=Cc1ccccc1.[Na+].[Na+]. The number of aromatic nitrogens is 4. The average Bonchev–Trinajstić information content (AvgIpc) is 3.36. The van der Waals surface area contributed by atoms with Crippen molar-refractivity contribution in [2.45, 2.75) is 16.2 Å². The van der Waals surface area contributed by atoms with Gasteiger partial charge in [-0.3, -0.25) is 0 Å². The number of nitrogens with zero attached hydrogens (tertiary/aromatic N) is 4. The number of rotatable bonds is 16. The van der Waals surface area contributed by atoms with Gasteiger partial charge in [-0.05, 0) is 81.7 Å². The van der Waals surface area contributed by atoms with E-state index in [1.807, 2.05) is 146 Å². The summed E-state index contributed by atoms with van der Waals surface area (Å²) in [6.07, 6.45) is 4.20. The van der Waals surface area contributed by atoms with Gasteiger partial charge >= 0.3 is 59.1 Å². The molecule has 1 unspecified atom stereocenters. The number of nitrogens with one attached hydrogen (secondary N) is 6. The van der Waals surface area contributed by atoms with Gasteiger partial charge in [-0.25, -0.2) is 16.8 Å². The number of anilines is 10. The Morgan fingerprint density at radius 3 is 1.31 bits per heavy atom. The Hall–Kier alpha value is -6.68. The van der Waals surface area contributed by atoms with Crippen LogP contribution in [0.3, 0.4) is 0 Å². The van der Waals surface area contributed by atoms with E-state index in [1.165, 1.54) is 36.4 Å². The summed E-state index contributed by atoms with van der Waals surface area (Å²) in [6, 6.07) is 57.1. The Bertz CT molecular complexity index is 3530. The van der Waals surface area contributed by atoms with Crippen LogP contribution in [0.1, 0.15) is 12.0 Å². The van der Waals surface area contributed by atoms with Gasteiger partial charge in [-0.2, -0.15) is 19.9 Å². The van der Waals surface area contributed by atoms with Crippen LogP contribution in [0.5, 0.6) is 0 Å². The van der Waals surface area contributed by atoms with Gasteiger partial charge in [0, 0.05) is 47.2 Å². The molecule has 10 rings (SSSR count). The molecule has 20 heteroatoms. The fourth-order valence-electron chi connectivity index (χ4n) is 8.66. The fraction of sp³-hybridized carbons (Fsp3) is 0.0741. The molecule has 1 aliphatic rings. The molecule has 1 aliphatic carbocycles. The van der Waals surface area contributed by atoms with Crippen LogP contribution in [0.4, 0.5) is 57.9 Å². The number of hydrogen-bond donors (Lipinski definition) is 6. The Morgan fingerprint density at radius 1 is 0.459 bits per heavy atom. The van der Waals surface area contributed by atoms with Crippen molar-refractivity contribution in [2.75, 3.05) is 31.9 Å². The zero-order valence-electron chi connectivity index (χ0n) is 40.0. The minimum Gasteiger partial charge on any atom is -0.747 e. The van der Waals surface area contributed by atoms with Gasteiger partial charge in [0.05, 0.1) is 0 Å². The zero-order chi connectivity index (χ0) is 49.8. The molecule has 0 radical (unpaired) electrons. The molecule has 2 heterocycles. The third-order valence-corrected chi connectivity index (χ3v) is 15.8. The van der Waals surface area contributed by atoms with E-state index >= 15 is 0 Å². The van der Waals surface area contributed by atoms with Crippen LogP contribution in [0, 0.1) is 5.92 Å². The van der Waals surface area contributed by atoms with Crippen molar-refractivity contribution in [1.29, 1.82) is 0 Å². The van der Waals surface area contributed by atoms with Crippen LogP contribution in [0.25, 0.3) is 27.6 Å². The van der Waals surface area contributed by atoms with Crippen molar-refractivity contribution in [3.63, 3.8) is 0 Å². The maximum atomic E-state index is 13.8. The van der Waals surface area contributed by atoms with Crippen LogP contribution >= 0.6 is 0 Å². The molecule has 0 fully saturated rings.